The fourth-order valence-electron chi connectivity index (χ4n) is 3.30. The molecule has 0 saturated carbocycles. The van der Waals surface area contributed by atoms with E-state index in [1.165, 1.54) is 10.6 Å². The molecule has 1 N–H and O–H groups in total. The van der Waals surface area contributed by atoms with Gasteiger partial charge in [0.1, 0.15) is 5.75 Å². The van der Waals surface area contributed by atoms with Crippen LogP contribution in [-0.2, 0) is 6.54 Å². The van der Waals surface area contributed by atoms with Crippen LogP contribution in [0.15, 0.2) is 71.5 Å². The van der Waals surface area contributed by atoms with Gasteiger partial charge in [-0.25, -0.2) is 4.79 Å². The van der Waals surface area contributed by atoms with Gasteiger partial charge in [-0.05, 0) is 48.0 Å². The van der Waals surface area contributed by atoms with Crippen LogP contribution in [-0.4, -0.2) is 15.6 Å². The number of carbonyl (C=O) groups is 1. The SMILES string of the molecule is O=C(O)c1c(Oc2cccc(Cl)c2)c2c(Cl)cccc2n(Cc2ccc(Cl)cc2)c1=O. The molecule has 156 valence electrons. The Morgan fingerprint density at radius 2 is 1.65 bits per heavy atom. The van der Waals surface area contributed by atoms with Gasteiger partial charge in [-0.2, -0.15) is 0 Å². The van der Waals surface area contributed by atoms with Crippen molar-refractivity contribution in [3.63, 3.8) is 0 Å². The van der Waals surface area contributed by atoms with E-state index >= 15 is 0 Å². The molecule has 0 fully saturated rings. The minimum Gasteiger partial charge on any atom is -0.477 e. The second-order valence-electron chi connectivity index (χ2n) is 6.72. The standard InChI is InChI=1S/C23H14Cl3NO4/c24-14-9-7-13(8-10-14)12-27-18-6-2-5-17(26)19(18)21(20(22(27)28)23(29)30)31-16-4-1-3-15(25)11-16/h1-11H,12H2,(H,29,30). The Bertz CT molecular complexity index is 1360. The Morgan fingerprint density at radius 1 is 0.935 bits per heavy atom. The number of ether oxygens (including phenoxy) is 1. The predicted molar refractivity (Wildman–Crippen MR) is 122 cm³/mol. The van der Waals surface area contributed by atoms with Gasteiger partial charge >= 0.3 is 5.97 Å². The molecule has 0 radical (unpaired) electrons. The smallest absolute Gasteiger partial charge is 0.345 e. The molecule has 0 amide bonds. The molecule has 1 aromatic heterocycles. The van der Waals surface area contributed by atoms with E-state index in [0.717, 1.165) is 5.56 Å². The summed E-state index contributed by atoms with van der Waals surface area (Å²) in [4.78, 5) is 25.4. The van der Waals surface area contributed by atoms with Crippen molar-refractivity contribution in [3.05, 3.63) is 103 Å². The first-order chi connectivity index (χ1) is 14.8. The molecular formula is C23H14Cl3NO4. The number of hydrogen-bond donors (Lipinski definition) is 1. The second-order valence-corrected chi connectivity index (χ2v) is 8.00. The van der Waals surface area contributed by atoms with Gasteiger partial charge in [-0.1, -0.05) is 59.1 Å². The first-order valence-electron chi connectivity index (χ1n) is 9.11. The average molecular weight is 475 g/mol. The molecule has 3 aromatic carbocycles. The number of carboxylic acid groups (broad SMARTS) is 1. The summed E-state index contributed by atoms with van der Waals surface area (Å²) in [6.45, 7) is 0.130. The van der Waals surface area contributed by atoms with Crippen molar-refractivity contribution >= 4 is 51.7 Å². The number of halogens is 3. The number of pyridine rings is 1. The maximum absolute atomic E-state index is 13.3. The van der Waals surface area contributed by atoms with Gasteiger partial charge in [-0.15, -0.1) is 0 Å². The summed E-state index contributed by atoms with van der Waals surface area (Å²) in [5, 5.41) is 11.4. The number of nitrogens with zero attached hydrogens (tertiary/aromatic N) is 1. The summed E-state index contributed by atoms with van der Waals surface area (Å²) in [5.74, 6) is -1.27. The molecule has 0 aliphatic rings. The molecule has 0 bridgehead atoms. The molecule has 0 unspecified atom stereocenters. The van der Waals surface area contributed by atoms with Gasteiger partial charge in [0.15, 0.2) is 11.3 Å². The topological polar surface area (TPSA) is 68.5 Å². The van der Waals surface area contributed by atoms with E-state index in [4.69, 9.17) is 39.5 Å². The molecule has 8 heteroatoms. The largest absolute Gasteiger partial charge is 0.477 e. The Kier molecular flexibility index (Phi) is 5.92. The zero-order chi connectivity index (χ0) is 22.1. The number of hydrogen-bond acceptors (Lipinski definition) is 3. The van der Waals surface area contributed by atoms with E-state index in [9.17, 15) is 14.7 Å². The third kappa shape index (κ3) is 4.26. The summed E-state index contributed by atoms with van der Waals surface area (Å²) < 4.78 is 7.23. The quantitative estimate of drug-likeness (QED) is 0.358. The molecule has 4 rings (SSSR count). The van der Waals surface area contributed by atoms with E-state index in [1.807, 2.05) is 0 Å². The fraction of sp³-hybridized carbons (Fsp3) is 0.0435. The van der Waals surface area contributed by atoms with E-state index in [2.05, 4.69) is 0 Å². The minimum absolute atomic E-state index is 0.130. The van der Waals surface area contributed by atoms with Crippen LogP contribution < -0.4 is 10.3 Å². The van der Waals surface area contributed by atoms with Crippen LogP contribution >= 0.6 is 34.8 Å². The highest BCUT2D eigenvalue weighted by molar-refractivity contribution is 6.36. The Hall–Kier alpha value is -2.99. The number of aromatic nitrogens is 1. The van der Waals surface area contributed by atoms with Crippen molar-refractivity contribution in [2.24, 2.45) is 0 Å². The van der Waals surface area contributed by atoms with Crippen molar-refractivity contribution in [2.75, 3.05) is 0 Å². The Balaban J connectivity index is 2.00. The summed E-state index contributed by atoms with van der Waals surface area (Å²) in [7, 11) is 0. The number of benzene rings is 3. The summed E-state index contributed by atoms with van der Waals surface area (Å²) >= 11 is 18.4. The van der Waals surface area contributed by atoms with Gasteiger partial charge < -0.3 is 14.4 Å². The van der Waals surface area contributed by atoms with Gasteiger partial charge in [-0.3, -0.25) is 4.79 Å². The van der Waals surface area contributed by atoms with E-state index < -0.39 is 17.1 Å². The van der Waals surface area contributed by atoms with Crippen LogP contribution in [0.2, 0.25) is 15.1 Å². The lowest BCUT2D eigenvalue weighted by molar-refractivity contribution is 0.0692. The van der Waals surface area contributed by atoms with E-state index in [0.29, 0.717) is 20.9 Å². The maximum atomic E-state index is 13.3. The van der Waals surface area contributed by atoms with Crippen molar-refractivity contribution in [2.45, 2.75) is 6.54 Å². The third-order valence-corrected chi connectivity index (χ3v) is 5.48. The van der Waals surface area contributed by atoms with Crippen LogP contribution in [0.25, 0.3) is 10.9 Å². The lowest BCUT2D eigenvalue weighted by Gasteiger charge is -2.18. The highest BCUT2D eigenvalue weighted by Crippen LogP contribution is 2.37. The number of aromatic carboxylic acids is 1. The zero-order valence-corrected chi connectivity index (χ0v) is 18.1. The molecule has 5 nitrogen and oxygen atoms in total. The fourth-order valence-corrected chi connectivity index (χ4v) is 3.86. The second kappa shape index (κ2) is 8.63. The van der Waals surface area contributed by atoms with Crippen LogP contribution in [0.4, 0.5) is 0 Å². The summed E-state index contributed by atoms with van der Waals surface area (Å²) in [6.07, 6.45) is 0. The van der Waals surface area contributed by atoms with Gasteiger partial charge in [0.25, 0.3) is 5.56 Å². The molecule has 0 atom stereocenters. The highest BCUT2D eigenvalue weighted by atomic mass is 35.5. The lowest BCUT2D eigenvalue weighted by atomic mass is 10.1. The Labute approximate surface area is 192 Å². The van der Waals surface area contributed by atoms with Crippen LogP contribution in [0, 0.1) is 0 Å². The predicted octanol–water partition coefficient (Wildman–Crippen LogP) is 6.50. The first-order valence-corrected chi connectivity index (χ1v) is 10.2. The molecule has 0 saturated heterocycles. The normalized spacial score (nSPS) is 10.9. The van der Waals surface area contributed by atoms with Crippen molar-refractivity contribution in [3.8, 4) is 11.5 Å². The first kappa shape index (κ1) is 21.2. The van der Waals surface area contributed by atoms with E-state index in [-0.39, 0.29) is 23.1 Å². The zero-order valence-electron chi connectivity index (χ0n) is 15.8. The van der Waals surface area contributed by atoms with Crippen molar-refractivity contribution in [1.29, 1.82) is 0 Å². The number of rotatable bonds is 5. The molecule has 1 heterocycles. The molecule has 0 spiro atoms. The van der Waals surface area contributed by atoms with Crippen molar-refractivity contribution in [1.82, 2.24) is 4.57 Å². The van der Waals surface area contributed by atoms with Gasteiger partial charge in [0, 0.05) is 10.0 Å². The maximum Gasteiger partial charge on any atom is 0.345 e. The molecule has 4 aromatic rings. The van der Waals surface area contributed by atoms with Crippen molar-refractivity contribution < 1.29 is 14.6 Å². The molecule has 31 heavy (non-hydrogen) atoms. The molecule has 0 aliphatic heterocycles. The number of fused-ring (bicyclic) bond motifs is 1. The third-order valence-electron chi connectivity index (χ3n) is 4.68. The van der Waals surface area contributed by atoms with Gasteiger partial charge in [0.05, 0.1) is 22.5 Å². The molecular weight excluding hydrogens is 461 g/mol. The van der Waals surface area contributed by atoms with Crippen LogP contribution in [0.3, 0.4) is 0 Å². The summed E-state index contributed by atoms with van der Waals surface area (Å²) in [6, 6.07) is 18.4. The monoisotopic (exact) mass is 473 g/mol. The lowest BCUT2D eigenvalue weighted by Crippen LogP contribution is -2.28. The Morgan fingerprint density at radius 3 is 2.32 bits per heavy atom. The molecule has 0 aliphatic carbocycles. The highest BCUT2D eigenvalue weighted by Gasteiger charge is 2.25. The van der Waals surface area contributed by atoms with Crippen LogP contribution in [0.5, 0.6) is 11.5 Å². The summed E-state index contributed by atoms with van der Waals surface area (Å²) in [5.41, 5.74) is -0.0223. The van der Waals surface area contributed by atoms with E-state index in [1.54, 1.807) is 60.7 Å². The minimum atomic E-state index is -1.42. The number of carboxylic acids is 1. The van der Waals surface area contributed by atoms with Gasteiger partial charge in [0.2, 0.25) is 0 Å². The van der Waals surface area contributed by atoms with Crippen LogP contribution in [0.1, 0.15) is 15.9 Å². The average Bonchev–Trinajstić information content (AvgIpc) is 2.72.